The van der Waals surface area contributed by atoms with E-state index in [-0.39, 0.29) is 0 Å². The lowest BCUT2D eigenvalue weighted by atomic mass is 10.0. The monoisotopic (exact) mass is 250 g/mol. The number of fused-ring (bicyclic) bond motifs is 1. The molecule has 0 saturated heterocycles. The molecule has 0 aromatic carbocycles. The van der Waals surface area contributed by atoms with E-state index in [9.17, 15) is 4.79 Å². The van der Waals surface area contributed by atoms with Gasteiger partial charge in [-0.2, -0.15) is 0 Å². The zero-order chi connectivity index (χ0) is 12.8. The Morgan fingerprint density at radius 3 is 2.06 bits per heavy atom. The predicted octanol–water partition coefficient (Wildman–Crippen LogP) is 5.13. The minimum Gasteiger partial charge on any atom is -0.299 e. The van der Waals surface area contributed by atoms with Gasteiger partial charge < -0.3 is 0 Å². The molecule has 0 aliphatic heterocycles. The number of carbonyl (C=O) groups is 1. The largest absolute Gasteiger partial charge is 0.299 e. The third-order valence-corrected chi connectivity index (χ3v) is 5.06. The molecule has 0 N–H and O–H groups in total. The molecule has 0 radical (unpaired) electrons. The first-order valence-corrected chi connectivity index (χ1v) is 8.37. The molecule has 18 heavy (non-hydrogen) atoms. The number of carbonyl (C=O) groups excluding carboxylic acids is 1. The summed E-state index contributed by atoms with van der Waals surface area (Å²) < 4.78 is 0. The van der Waals surface area contributed by atoms with Crippen molar-refractivity contribution in [1.82, 2.24) is 0 Å². The standard InChI is InChI=1S/C17H30O/c1-2-3-4-5-6-7-8-9-13-16(18)17-14-11-10-12-15(14)17/h14-15,17H,2-13H2,1H3. The molecule has 1 heteroatoms. The number of hydrogen-bond donors (Lipinski definition) is 0. The highest BCUT2D eigenvalue weighted by molar-refractivity contribution is 5.84. The molecule has 0 spiro atoms. The number of hydrogen-bond acceptors (Lipinski definition) is 1. The van der Waals surface area contributed by atoms with Gasteiger partial charge in [-0.3, -0.25) is 4.79 Å². The van der Waals surface area contributed by atoms with Crippen LogP contribution in [-0.2, 0) is 4.79 Å². The normalized spacial score (nSPS) is 29.3. The summed E-state index contributed by atoms with van der Waals surface area (Å²) in [7, 11) is 0. The van der Waals surface area contributed by atoms with Crippen LogP contribution in [-0.4, -0.2) is 5.78 Å². The predicted molar refractivity (Wildman–Crippen MR) is 76.6 cm³/mol. The lowest BCUT2D eigenvalue weighted by molar-refractivity contribution is -0.121. The van der Waals surface area contributed by atoms with Crippen molar-refractivity contribution in [1.29, 1.82) is 0 Å². The smallest absolute Gasteiger partial charge is 0.136 e. The molecule has 0 bridgehead atoms. The van der Waals surface area contributed by atoms with Crippen LogP contribution in [0.3, 0.4) is 0 Å². The topological polar surface area (TPSA) is 17.1 Å². The van der Waals surface area contributed by atoms with Crippen LogP contribution >= 0.6 is 0 Å². The Morgan fingerprint density at radius 2 is 1.44 bits per heavy atom. The molecule has 2 fully saturated rings. The van der Waals surface area contributed by atoms with Crippen molar-refractivity contribution in [2.45, 2.75) is 84.0 Å². The molecular weight excluding hydrogens is 220 g/mol. The maximum atomic E-state index is 12.0. The number of ketones is 1. The molecule has 0 amide bonds. The maximum Gasteiger partial charge on any atom is 0.136 e. The highest BCUT2D eigenvalue weighted by atomic mass is 16.1. The van der Waals surface area contributed by atoms with Gasteiger partial charge in [0.25, 0.3) is 0 Å². The molecule has 104 valence electrons. The van der Waals surface area contributed by atoms with E-state index in [4.69, 9.17) is 0 Å². The first kappa shape index (κ1) is 14.1. The number of Topliss-reactive ketones (excluding diaryl/α,β-unsaturated/α-hetero) is 1. The van der Waals surface area contributed by atoms with Gasteiger partial charge in [-0.15, -0.1) is 0 Å². The summed E-state index contributed by atoms with van der Waals surface area (Å²) in [5.41, 5.74) is 0. The third-order valence-electron chi connectivity index (χ3n) is 5.06. The van der Waals surface area contributed by atoms with Crippen molar-refractivity contribution < 1.29 is 4.79 Å². The van der Waals surface area contributed by atoms with E-state index in [0.717, 1.165) is 24.7 Å². The Bertz CT molecular complexity index is 248. The first-order valence-electron chi connectivity index (χ1n) is 8.37. The van der Waals surface area contributed by atoms with Crippen LogP contribution in [0.5, 0.6) is 0 Å². The fourth-order valence-corrected chi connectivity index (χ4v) is 3.90. The van der Waals surface area contributed by atoms with Gasteiger partial charge in [0.05, 0.1) is 0 Å². The molecule has 2 unspecified atom stereocenters. The summed E-state index contributed by atoms with van der Waals surface area (Å²) in [6, 6.07) is 0. The summed E-state index contributed by atoms with van der Waals surface area (Å²) in [6.45, 7) is 2.26. The number of rotatable bonds is 10. The van der Waals surface area contributed by atoms with E-state index in [1.807, 2.05) is 0 Å². The average Bonchev–Trinajstić information content (AvgIpc) is 2.86. The van der Waals surface area contributed by atoms with Gasteiger partial charge in [-0.25, -0.2) is 0 Å². The Labute approximate surface area is 113 Å². The van der Waals surface area contributed by atoms with Crippen molar-refractivity contribution in [3.05, 3.63) is 0 Å². The van der Waals surface area contributed by atoms with E-state index in [0.29, 0.717) is 11.7 Å². The molecule has 2 rings (SSSR count). The molecule has 0 aromatic heterocycles. The molecular formula is C17H30O. The van der Waals surface area contributed by atoms with Gasteiger partial charge in [0, 0.05) is 12.3 Å². The van der Waals surface area contributed by atoms with Crippen LogP contribution < -0.4 is 0 Å². The van der Waals surface area contributed by atoms with E-state index >= 15 is 0 Å². The highest BCUT2D eigenvalue weighted by Gasteiger charge is 2.55. The lowest BCUT2D eigenvalue weighted by Gasteiger charge is -2.03. The third kappa shape index (κ3) is 3.83. The zero-order valence-corrected chi connectivity index (χ0v) is 12.1. The summed E-state index contributed by atoms with van der Waals surface area (Å²) >= 11 is 0. The van der Waals surface area contributed by atoms with Crippen molar-refractivity contribution in [3.8, 4) is 0 Å². The van der Waals surface area contributed by atoms with Crippen LogP contribution in [0.15, 0.2) is 0 Å². The SMILES string of the molecule is CCCCCCCCCCC(=O)C1C2CCCC21. The van der Waals surface area contributed by atoms with Gasteiger partial charge in [0.1, 0.15) is 5.78 Å². The van der Waals surface area contributed by atoms with Gasteiger partial charge in [-0.1, -0.05) is 58.3 Å². The Balaban J connectivity index is 1.41. The van der Waals surface area contributed by atoms with E-state index in [1.165, 1.54) is 64.2 Å². The average molecular weight is 250 g/mol. The highest BCUT2D eigenvalue weighted by Crippen LogP contribution is 2.58. The summed E-state index contributed by atoms with van der Waals surface area (Å²) in [5.74, 6) is 2.78. The Kier molecular flexibility index (Phi) is 5.72. The molecule has 2 saturated carbocycles. The van der Waals surface area contributed by atoms with Crippen LogP contribution in [0.1, 0.15) is 84.0 Å². The van der Waals surface area contributed by atoms with Gasteiger partial charge in [-0.05, 0) is 31.1 Å². The summed E-state index contributed by atoms with van der Waals surface area (Å²) in [6.07, 6.45) is 15.6. The van der Waals surface area contributed by atoms with E-state index in [2.05, 4.69) is 6.92 Å². The lowest BCUT2D eigenvalue weighted by Crippen LogP contribution is -2.05. The number of unbranched alkanes of at least 4 members (excludes halogenated alkanes) is 7. The molecule has 1 nitrogen and oxygen atoms in total. The molecule has 0 heterocycles. The summed E-state index contributed by atoms with van der Waals surface area (Å²) in [5, 5.41) is 0. The van der Waals surface area contributed by atoms with Crippen LogP contribution in [0, 0.1) is 17.8 Å². The van der Waals surface area contributed by atoms with Crippen molar-refractivity contribution in [3.63, 3.8) is 0 Å². The van der Waals surface area contributed by atoms with Crippen LogP contribution in [0.25, 0.3) is 0 Å². The Hall–Kier alpha value is -0.330. The Morgan fingerprint density at radius 1 is 0.889 bits per heavy atom. The second-order valence-electron chi connectivity index (χ2n) is 6.48. The molecule has 0 aromatic rings. The van der Waals surface area contributed by atoms with Crippen LogP contribution in [0.2, 0.25) is 0 Å². The van der Waals surface area contributed by atoms with Gasteiger partial charge in [0.2, 0.25) is 0 Å². The molecule has 2 aliphatic carbocycles. The minimum atomic E-state index is 0.517. The quantitative estimate of drug-likeness (QED) is 0.491. The van der Waals surface area contributed by atoms with Crippen molar-refractivity contribution in [2.75, 3.05) is 0 Å². The molecule has 2 atom stereocenters. The first-order chi connectivity index (χ1) is 8.84. The van der Waals surface area contributed by atoms with Crippen molar-refractivity contribution in [2.24, 2.45) is 17.8 Å². The molecule has 2 aliphatic rings. The second kappa shape index (κ2) is 7.31. The summed E-state index contributed by atoms with van der Waals surface area (Å²) in [4.78, 5) is 12.0. The minimum absolute atomic E-state index is 0.517. The zero-order valence-electron chi connectivity index (χ0n) is 12.1. The fourth-order valence-electron chi connectivity index (χ4n) is 3.90. The van der Waals surface area contributed by atoms with E-state index < -0.39 is 0 Å². The maximum absolute atomic E-state index is 12.0. The second-order valence-corrected chi connectivity index (χ2v) is 6.48. The van der Waals surface area contributed by atoms with Crippen molar-refractivity contribution >= 4 is 5.78 Å². The van der Waals surface area contributed by atoms with Gasteiger partial charge >= 0.3 is 0 Å². The van der Waals surface area contributed by atoms with E-state index in [1.54, 1.807) is 0 Å². The fraction of sp³-hybridized carbons (Fsp3) is 0.941. The van der Waals surface area contributed by atoms with Gasteiger partial charge in [0.15, 0.2) is 0 Å². The van der Waals surface area contributed by atoms with Crippen LogP contribution in [0.4, 0.5) is 0 Å².